The van der Waals surface area contributed by atoms with Gasteiger partial charge in [0.15, 0.2) is 0 Å². The monoisotopic (exact) mass is 732 g/mol. The highest BCUT2D eigenvalue weighted by Crippen LogP contribution is 2.55. The van der Waals surface area contributed by atoms with Gasteiger partial charge in [0.1, 0.15) is 34.8 Å². The molecule has 6 aromatic rings. The van der Waals surface area contributed by atoms with Gasteiger partial charge < -0.3 is 9.47 Å². The number of para-hydroxylation sites is 2. The van der Waals surface area contributed by atoms with Gasteiger partial charge in [0, 0.05) is 22.4 Å². The molecule has 2 nitrogen and oxygen atoms in total. The first-order valence-corrected chi connectivity index (χ1v) is 20.3. The van der Waals surface area contributed by atoms with E-state index in [0.29, 0.717) is 0 Å². The number of rotatable bonds is 6. The summed E-state index contributed by atoms with van der Waals surface area (Å²) in [5.41, 5.74) is 2.21. The van der Waals surface area contributed by atoms with E-state index in [0.717, 1.165) is 86.6 Å². The molecular formula is C44H34F4O2P2. The predicted molar refractivity (Wildman–Crippen MR) is 202 cm³/mol. The molecule has 0 aromatic heterocycles. The Kier molecular flexibility index (Phi) is 8.65. The van der Waals surface area contributed by atoms with E-state index < -0.39 is 21.6 Å². The Morgan fingerprint density at radius 1 is 0.442 bits per heavy atom. The summed E-state index contributed by atoms with van der Waals surface area (Å²) in [6.45, 7) is 0. The number of halogens is 4. The van der Waals surface area contributed by atoms with Crippen molar-refractivity contribution in [3.8, 4) is 11.5 Å². The van der Waals surface area contributed by atoms with Gasteiger partial charge in [-0.2, -0.15) is 0 Å². The Balaban J connectivity index is 1.18. The first-order valence-electron chi connectivity index (χ1n) is 17.6. The van der Waals surface area contributed by atoms with E-state index in [2.05, 4.69) is 36.4 Å². The molecule has 0 unspecified atom stereocenters. The largest absolute Gasteiger partial charge is 0.451 e. The Morgan fingerprint density at radius 2 is 0.769 bits per heavy atom. The second kappa shape index (κ2) is 13.5. The van der Waals surface area contributed by atoms with Crippen molar-refractivity contribution in [3.63, 3.8) is 0 Å². The number of fused-ring (bicyclic) bond motifs is 2. The van der Waals surface area contributed by atoms with Crippen LogP contribution in [0.3, 0.4) is 0 Å². The fourth-order valence-electron chi connectivity index (χ4n) is 8.31. The highest BCUT2D eigenvalue weighted by Gasteiger charge is 2.57. The second-order valence-corrected chi connectivity index (χ2v) is 18.1. The lowest BCUT2D eigenvalue weighted by Crippen LogP contribution is -2.62. The lowest BCUT2D eigenvalue weighted by Gasteiger charge is -2.54. The quantitative estimate of drug-likeness (QED) is 0.127. The zero-order chi connectivity index (χ0) is 35.4. The van der Waals surface area contributed by atoms with Gasteiger partial charge in [0.25, 0.3) is 5.79 Å². The van der Waals surface area contributed by atoms with Crippen LogP contribution in [-0.2, 0) is 12.8 Å². The summed E-state index contributed by atoms with van der Waals surface area (Å²) in [4.78, 5) is 0. The van der Waals surface area contributed by atoms with E-state index in [1.54, 1.807) is 0 Å². The summed E-state index contributed by atoms with van der Waals surface area (Å²) in [7, 11) is -2.49. The van der Waals surface area contributed by atoms with Gasteiger partial charge in [-0.1, -0.05) is 91.3 Å². The molecule has 52 heavy (non-hydrogen) atoms. The standard InChI is InChI=1S/C44H34F4O2P2/c45-32-10-18-36(19-11-32)51(37-20-12-33(46)13-21-37)40-8-1-4-28-26-30-6-3-7-31-27-29-5-2-9-41(43(29)50-44(30,31)49-42(28)40)52(38-22-14-34(47)15-23-38)39-24-16-35(48)17-25-39/h1-2,4-5,8-25,30-31H,3,6-7,26-27H2/t30-,31-,44?/m0/s1. The molecule has 9 rings (SSSR count). The van der Waals surface area contributed by atoms with Gasteiger partial charge in [-0.25, -0.2) is 17.6 Å². The van der Waals surface area contributed by atoms with Crippen LogP contribution >= 0.6 is 15.8 Å². The minimum atomic E-state index is -1.25. The van der Waals surface area contributed by atoms with E-state index >= 15 is 0 Å². The van der Waals surface area contributed by atoms with Crippen molar-refractivity contribution in [1.29, 1.82) is 0 Å². The predicted octanol–water partition coefficient (Wildman–Crippen LogP) is 8.44. The lowest BCUT2D eigenvalue weighted by atomic mass is 9.68. The number of benzene rings is 6. The van der Waals surface area contributed by atoms with Gasteiger partial charge in [0.2, 0.25) is 0 Å². The molecule has 0 N–H and O–H groups in total. The average molecular weight is 733 g/mol. The molecule has 2 heterocycles. The van der Waals surface area contributed by atoms with Crippen molar-refractivity contribution in [2.24, 2.45) is 11.8 Å². The molecule has 0 radical (unpaired) electrons. The normalized spacial score (nSPS) is 20.3. The minimum absolute atomic E-state index is 0.0981. The first kappa shape index (κ1) is 33.3. The Labute approximate surface area is 303 Å². The third kappa shape index (κ3) is 5.91. The summed E-state index contributed by atoms with van der Waals surface area (Å²) in [5, 5.41) is 5.68. The highest BCUT2D eigenvalue weighted by molar-refractivity contribution is 7.80. The Hall–Kier alpha value is -4.50. The summed E-state index contributed by atoms with van der Waals surface area (Å²) in [6, 6.07) is 38.8. The van der Waals surface area contributed by atoms with Crippen molar-refractivity contribution in [3.05, 3.63) is 168 Å². The number of hydrogen-bond acceptors (Lipinski definition) is 2. The van der Waals surface area contributed by atoms with Crippen molar-refractivity contribution in [1.82, 2.24) is 0 Å². The molecule has 1 fully saturated rings. The van der Waals surface area contributed by atoms with Crippen LogP contribution in [0.4, 0.5) is 17.6 Å². The van der Waals surface area contributed by atoms with E-state index in [4.69, 9.17) is 9.47 Å². The van der Waals surface area contributed by atoms with Crippen LogP contribution in [0.2, 0.25) is 0 Å². The summed E-state index contributed by atoms with van der Waals surface area (Å²) in [5.74, 6) is -0.448. The molecule has 1 spiro atoms. The fourth-order valence-corrected chi connectivity index (χ4v) is 13.1. The van der Waals surface area contributed by atoms with Gasteiger partial charge in [-0.15, -0.1) is 0 Å². The lowest BCUT2D eigenvalue weighted by molar-refractivity contribution is -0.225. The van der Waals surface area contributed by atoms with Gasteiger partial charge in [0.05, 0.1) is 0 Å². The van der Waals surface area contributed by atoms with E-state index in [-0.39, 0.29) is 35.1 Å². The van der Waals surface area contributed by atoms with Crippen LogP contribution in [-0.4, -0.2) is 5.79 Å². The third-order valence-corrected chi connectivity index (χ3v) is 15.6. The molecule has 0 amide bonds. The molecule has 260 valence electrons. The van der Waals surface area contributed by atoms with Crippen molar-refractivity contribution in [2.75, 3.05) is 0 Å². The molecular weight excluding hydrogens is 698 g/mol. The van der Waals surface area contributed by atoms with Crippen molar-refractivity contribution in [2.45, 2.75) is 37.9 Å². The fraction of sp³-hybridized carbons (Fsp3) is 0.182. The smallest absolute Gasteiger partial charge is 0.257 e. The molecule has 1 saturated carbocycles. The van der Waals surface area contributed by atoms with E-state index in [1.807, 2.05) is 48.5 Å². The third-order valence-electron chi connectivity index (χ3n) is 10.7. The minimum Gasteiger partial charge on any atom is -0.451 e. The molecule has 1 aliphatic carbocycles. The van der Waals surface area contributed by atoms with Crippen LogP contribution in [0.5, 0.6) is 11.5 Å². The molecule has 3 aliphatic rings. The van der Waals surface area contributed by atoms with Gasteiger partial charge in [-0.3, -0.25) is 0 Å². The molecule has 8 heteroatoms. The Bertz CT molecular complexity index is 1990. The second-order valence-electron chi connectivity index (χ2n) is 13.8. The molecule has 0 bridgehead atoms. The maximum absolute atomic E-state index is 14.2. The van der Waals surface area contributed by atoms with Gasteiger partial charge in [-0.05, 0) is 122 Å². The first-order chi connectivity index (χ1) is 25.4. The topological polar surface area (TPSA) is 18.5 Å². The van der Waals surface area contributed by atoms with Crippen molar-refractivity contribution < 1.29 is 27.0 Å². The van der Waals surface area contributed by atoms with Crippen LogP contribution < -0.4 is 41.3 Å². The highest BCUT2D eigenvalue weighted by atomic mass is 31.1. The Morgan fingerprint density at radius 3 is 1.10 bits per heavy atom. The van der Waals surface area contributed by atoms with Crippen LogP contribution in [0.25, 0.3) is 0 Å². The summed E-state index contributed by atoms with van der Waals surface area (Å²) in [6.07, 6.45) is 4.53. The van der Waals surface area contributed by atoms with Crippen LogP contribution in [0.1, 0.15) is 30.4 Å². The van der Waals surface area contributed by atoms with E-state index in [9.17, 15) is 17.6 Å². The molecule has 0 saturated heterocycles. The molecule has 2 atom stereocenters. The molecule has 2 aliphatic heterocycles. The average Bonchev–Trinajstić information content (AvgIpc) is 3.16. The van der Waals surface area contributed by atoms with Crippen LogP contribution in [0.15, 0.2) is 133 Å². The van der Waals surface area contributed by atoms with Crippen molar-refractivity contribution >= 4 is 47.7 Å². The van der Waals surface area contributed by atoms with Crippen LogP contribution in [0, 0.1) is 35.1 Å². The summed E-state index contributed by atoms with van der Waals surface area (Å²) < 4.78 is 71.6. The molecule has 6 aromatic carbocycles. The zero-order valence-corrected chi connectivity index (χ0v) is 29.9. The SMILES string of the molecule is Fc1ccc(P(c2ccc(F)cc2)c2cccc3c2OC24Oc5c(cccc5P(c5ccc(F)cc5)c5ccc(F)cc5)C[C@@H]2CCC[C@H]4C3)cc1. The maximum Gasteiger partial charge on any atom is 0.257 e. The zero-order valence-electron chi connectivity index (χ0n) is 28.1. The van der Waals surface area contributed by atoms with E-state index in [1.165, 1.54) is 48.5 Å². The summed E-state index contributed by atoms with van der Waals surface area (Å²) >= 11 is 0. The number of hydrogen-bond donors (Lipinski definition) is 0. The van der Waals surface area contributed by atoms with Gasteiger partial charge >= 0.3 is 0 Å². The number of ether oxygens (including phenoxy) is 2. The maximum atomic E-state index is 14.2.